The van der Waals surface area contributed by atoms with E-state index >= 15 is 0 Å². The van der Waals surface area contributed by atoms with E-state index in [1.54, 1.807) is 12.0 Å². The predicted octanol–water partition coefficient (Wildman–Crippen LogP) is 6.13. The zero-order chi connectivity index (χ0) is 30.0. The van der Waals surface area contributed by atoms with E-state index in [0.717, 1.165) is 27.8 Å². The van der Waals surface area contributed by atoms with E-state index in [4.69, 9.17) is 14.5 Å². The number of carbonyl (C=O) groups is 3. The molecule has 216 valence electrons. The Balaban J connectivity index is 1.76. The highest BCUT2D eigenvalue weighted by atomic mass is 16.5. The van der Waals surface area contributed by atoms with Crippen LogP contribution in [-0.2, 0) is 14.3 Å². The van der Waals surface area contributed by atoms with Crippen LogP contribution < -0.4 is 4.74 Å². The van der Waals surface area contributed by atoms with Gasteiger partial charge >= 0.3 is 0 Å². The van der Waals surface area contributed by atoms with Crippen molar-refractivity contribution in [2.45, 2.75) is 78.9 Å². The Hall–Kier alpha value is -3.74. The van der Waals surface area contributed by atoms with Gasteiger partial charge in [0.15, 0.2) is 11.6 Å². The van der Waals surface area contributed by atoms with Crippen molar-refractivity contribution >= 4 is 17.5 Å². The summed E-state index contributed by atoms with van der Waals surface area (Å²) >= 11 is 0. The van der Waals surface area contributed by atoms with Crippen LogP contribution in [0.5, 0.6) is 5.75 Å². The molecule has 0 saturated carbocycles. The van der Waals surface area contributed by atoms with Crippen LogP contribution in [-0.4, -0.2) is 53.7 Å². The minimum absolute atomic E-state index is 0.0105. The number of hydrogen-bond acceptors (Lipinski definition) is 6. The first-order chi connectivity index (χ1) is 19.3. The number of ketones is 2. The van der Waals surface area contributed by atoms with E-state index < -0.39 is 17.9 Å². The van der Waals surface area contributed by atoms with E-state index in [1.807, 2.05) is 52.1 Å². The lowest BCUT2D eigenvalue weighted by Crippen LogP contribution is -2.57. The number of pyridine rings is 1. The summed E-state index contributed by atoms with van der Waals surface area (Å²) in [7, 11) is 3.42. The van der Waals surface area contributed by atoms with Crippen LogP contribution in [0.15, 0.2) is 47.7 Å². The summed E-state index contributed by atoms with van der Waals surface area (Å²) in [6, 6.07) is 7.47. The van der Waals surface area contributed by atoms with Gasteiger partial charge in [-0.2, -0.15) is 0 Å². The Kier molecular flexibility index (Phi) is 7.21. The zero-order valence-corrected chi connectivity index (χ0v) is 25.4. The summed E-state index contributed by atoms with van der Waals surface area (Å²) < 4.78 is 12.5. The molecule has 0 unspecified atom stereocenters. The van der Waals surface area contributed by atoms with Crippen LogP contribution in [0.2, 0.25) is 0 Å². The molecule has 0 bridgehead atoms. The van der Waals surface area contributed by atoms with E-state index in [9.17, 15) is 14.4 Å². The van der Waals surface area contributed by atoms with Crippen LogP contribution in [0.1, 0.15) is 80.1 Å². The van der Waals surface area contributed by atoms with Crippen molar-refractivity contribution in [2.75, 3.05) is 14.2 Å². The largest absolute Gasteiger partial charge is 0.496 e. The Bertz CT molecular complexity index is 1520. The maximum Gasteiger partial charge on any atom is 0.230 e. The average Bonchev–Trinajstić information content (AvgIpc) is 2.88. The summed E-state index contributed by atoms with van der Waals surface area (Å²) in [5, 5.41) is 0. The molecule has 1 fully saturated rings. The molecule has 1 aliphatic carbocycles. The molecule has 7 heteroatoms. The lowest BCUT2D eigenvalue weighted by molar-refractivity contribution is -0.151. The number of allylic oxidation sites excluding steroid dienone is 2. The van der Waals surface area contributed by atoms with Gasteiger partial charge in [0.1, 0.15) is 23.3 Å². The highest BCUT2D eigenvalue weighted by molar-refractivity contribution is 6.01. The van der Waals surface area contributed by atoms with Gasteiger partial charge in [-0.05, 0) is 55.5 Å². The summed E-state index contributed by atoms with van der Waals surface area (Å²) in [4.78, 5) is 46.9. The zero-order valence-electron chi connectivity index (χ0n) is 25.4. The van der Waals surface area contributed by atoms with Gasteiger partial charge in [-0.25, -0.2) is 4.98 Å². The SMILES string of the molecule is C=C(C)[C@@H]1C[C@@H]2OC3=C(C(=O)CC(C)(C)C3)[C@H](c3c(OC)ccc(-c4ccc(C)c(C(C)=O)n4)c3C)[C@H]2C(=O)N1C. The molecule has 4 atom stereocenters. The first-order valence-electron chi connectivity index (χ1n) is 14.3. The number of aryl methyl sites for hydroxylation is 1. The molecule has 2 aromatic rings. The van der Waals surface area contributed by atoms with Crippen molar-refractivity contribution in [1.29, 1.82) is 0 Å². The van der Waals surface area contributed by atoms with Crippen LogP contribution >= 0.6 is 0 Å². The molecule has 5 rings (SSSR count). The average molecular weight is 557 g/mol. The van der Waals surface area contributed by atoms with Gasteiger partial charge in [0.05, 0.1) is 24.8 Å². The van der Waals surface area contributed by atoms with Crippen LogP contribution in [0, 0.1) is 25.2 Å². The van der Waals surface area contributed by atoms with Crippen molar-refractivity contribution in [3.8, 4) is 17.0 Å². The normalized spacial score (nSPS) is 25.3. The number of nitrogens with zero attached hydrogens (tertiary/aromatic N) is 2. The van der Waals surface area contributed by atoms with E-state index in [0.29, 0.717) is 47.7 Å². The molecule has 0 N–H and O–H groups in total. The van der Waals surface area contributed by atoms with Gasteiger partial charge in [0.2, 0.25) is 5.91 Å². The molecule has 1 aromatic heterocycles. The smallest absolute Gasteiger partial charge is 0.230 e. The fourth-order valence-corrected chi connectivity index (χ4v) is 7.08. The number of amides is 1. The van der Waals surface area contributed by atoms with Gasteiger partial charge in [0, 0.05) is 55.9 Å². The minimum atomic E-state index is -0.596. The standard InChI is InChI=1S/C34H40N2O5/c1-17(2)23-14-26-30(33(39)36(23)8)31(29-24(38)15-34(6,7)16-27(29)41-26)28-19(4)21(11-13-25(28)40-9)22-12-10-18(3)32(35-22)20(5)37/h10-13,23,26,30-31H,1,14-16H2,2-9H3/t23-,26-,30-,31-/m0/s1. The topological polar surface area (TPSA) is 85.8 Å². The second-order valence-corrected chi connectivity index (χ2v) is 12.8. The number of aromatic nitrogens is 1. The van der Waals surface area contributed by atoms with E-state index in [2.05, 4.69) is 20.4 Å². The molecule has 3 aliphatic rings. The number of rotatable bonds is 5. The highest BCUT2D eigenvalue weighted by Gasteiger charge is 2.54. The first kappa shape index (κ1) is 28.8. The van der Waals surface area contributed by atoms with Crippen molar-refractivity contribution < 1.29 is 23.9 Å². The number of benzene rings is 1. The van der Waals surface area contributed by atoms with E-state index in [-0.39, 0.29) is 28.9 Å². The van der Waals surface area contributed by atoms with Crippen LogP contribution in [0.25, 0.3) is 11.3 Å². The molecule has 2 aliphatic heterocycles. The quantitative estimate of drug-likeness (QED) is 0.326. The van der Waals surface area contributed by atoms with Gasteiger partial charge in [0.25, 0.3) is 0 Å². The van der Waals surface area contributed by atoms with Crippen molar-refractivity contribution in [1.82, 2.24) is 9.88 Å². The molecular weight excluding hydrogens is 516 g/mol. The number of hydrogen-bond donors (Lipinski definition) is 0. The molecule has 7 nitrogen and oxygen atoms in total. The fourth-order valence-electron chi connectivity index (χ4n) is 7.08. The maximum absolute atomic E-state index is 14.2. The number of Topliss-reactive ketones (excluding diaryl/α,β-unsaturated/α-hetero) is 2. The van der Waals surface area contributed by atoms with E-state index in [1.165, 1.54) is 6.92 Å². The second kappa shape index (κ2) is 10.3. The Morgan fingerprint density at radius 1 is 1.12 bits per heavy atom. The molecule has 1 amide bonds. The number of likely N-dealkylation sites (N-methyl/N-ethyl adjacent to an activating group) is 1. The van der Waals surface area contributed by atoms with Crippen molar-refractivity contribution in [3.05, 3.63) is 70.1 Å². The monoisotopic (exact) mass is 556 g/mol. The number of likely N-dealkylation sites (tertiary alicyclic amines) is 1. The Labute approximate surface area is 242 Å². The molecule has 1 saturated heterocycles. The number of fused-ring (bicyclic) bond motifs is 1. The first-order valence-corrected chi connectivity index (χ1v) is 14.3. The summed E-state index contributed by atoms with van der Waals surface area (Å²) in [6.07, 6.45) is 1.20. The van der Waals surface area contributed by atoms with Gasteiger partial charge in [-0.3, -0.25) is 14.4 Å². The minimum Gasteiger partial charge on any atom is -0.496 e. The molecular formula is C34H40N2O5. The van der Waals surface area contributed by atoms with Crippen LogP contribution in [0.3, 0.4) is 0 Å². The fraction of sp³-hybridized carbons (Fsp3) is 0.471. The molecule has 0 radical (unpaired) electrons. The van der Waals surface area contributed by atoms with Gasteiger partial charge in [-0.15, -0.1) is 0 Å². The third-order valence-corrected chi connectivity index (χ3v) is 9.08. The number of piperidine rings is 1. The van der Waals surface area contributed by atoms with Crippen molar-refractivity contribution in [2.24, 2.45) is 11.3 Å². The number of ether oxygens (including phenoxy) is 2. The predicted molar refractivity (Wildman–Crippen MR) is 158 cm³/mol. The Morgan fingerprint density at radius 2 is 1.83 bits per heavy atom. The molecule has 0 spiro atoms. The Morgan fingerprint density at radius 3 is 2.46 bits per heavy atom. The lowest BCUT2D eigenvalue weighted by Gasteiger charge is -2.50. The summed E-state index contributed by atoms with van der Waals surface area (Å²) in [6.45, 7) is 15.6. The number of methoxy groups -OCH3 is 1. The highest BCUT2D eigenvalue weighted by Crippen LogP contribution is 2.54. The third-order valence-electron chi connectivity index (χ3n) is 9.08. The lowest BCUT2D eigenvalue weighted by atomic mass is 9.64. The van der Waals surface area contributed by atoms with Gasteiger partial charge < -0.3 is 14.4 Å². The maximum atomic E-state index is 14.2. The molecule has 3 heterocycles. The second-order valence-electron chi connectivity index (χ2n) is 12.8. The summed E-state index contributed by atoms with van der Waals surface area (Å²) in [5.74, 6) is 0.00416. The number of carbonyl (C=O) groups excluding carboxylic acids is 3. The third kappa shape index (κ3) is 4.79. The van der Waals surface area contributed by atoms with Gasteiger partial charge in [-0.1, -0.05) is 32.1 Å². The molecule has 1 aromatic carbocycles. The van der Waals surface area contributed by atoms with Crippen LogP contribution in [0.4, 0.5) is 0 Å². The molecule has 41 heavy (non-hydrogen) atoms. The summed E-state index contributed by atoms with van der Waals surface area (Å²) in [5.41, 5.74) is 5.63. The van der Waals surface area contributed by atoms with Crippen molar-refractivity contribution in [3.63, 3.8) is 0 Å².